The second-order valence-corrected chi connectivity index (χ2v) is 6.46. The number of hydrogen-bond donors (Lipinski definition) is 1. The second kappa shape index (κ2) is 6.02. The van der Waals surface area contributed by atoms with E-state index < -0.39 is 0 Å². The van der Waals surface area contributed by atoms with Crippen LogP contribution < -0.4 is 5.32 Å². The third-order valence-corrected chi connectivity index (χ3v) is 5.05. The molecule has 0 spiro atoms. The van der Waals surface area contributed by atoms with Crippen molar-refractivity contribution in [1.29, 1.82) is 0 Å². The molecule has 1 saturated carbocycles. The van der Waals surface area contributed by atoms with Crippen LogP contribution in [0.4, 0.5) is 0 Å². The smallest absolute Gasteiger partial charge is 0.0645 e. The average molecular weight is 283 g/mol. The molecule has 3 heteroatoms. The Kier molecular flexibility index (Phi) is 4.11. The molecule has 1 aliphatic carbocycles. The highest BCUT2D eigenvalue weighted by Crippen LogP contribution is 2.32. The first kappa shape index (κ1) is 14.3. The van der Waals surface area contributed by atoms with E-state index >= 15 is 0 Å². The van der Waals surface area contributed by atoms with E-state index in [0.717, 1.165) is 17.5 Å². The molecule has 3 nitrogen and oxygen atoms in total. The summed E-state index contributed by atoms with van der Waals surface area (Å²) in [4.78, 5) is 0. The number of aromatic nitrogens is 2. The van der Waals surface area contributed by atoms with Gasteiger partial charge in [0.2, 0.25) is 0 Å². The van der Waals surface area contributed by atoms with E-state index in [1.807, 2.05) is 29.1 Å². The Bertz CT molecular complexity index is 575. The predicted octanol–water partition coefficient (Wildman–Crippen LogP) is 3.96. The minimum atomic E-state index is 0.347. The van der Waals surface area contributed by atoms with Crippen molar-refractivity contribution >= 4 is 0 Å². The Balaban J connectivity index is 1.69. The fourth-order valence-electron chi connectivity index (χ4n) is 3.30. The van der Waals surface area contributed by atoms with Crippen molar-refractivity contribution in [2.45, 2.75) is 45.7 Å². The molecule has 1 aliphatic rings. The van der Waals surface area contributed by atoms with E-state index in [9.17, 15) is 0 Å². The van der Waals surface area contributed by atoms with E-state index in [1.165, 1.54) is 18.4 Å². The molecule has 4 unspecified atom stereocenters. The number of hydrogen-bond acceptors (Lipinski definition) is 2. The van der Waals surface area contributed by atoms with Crippen LogP contribution in [0.25, 0.3) is 5.69 Å². The molecule has 2 aromatic rings. The first-order chi connectivity index (χ1) is 10.1. The zero-order chi connectivity index (χ0) is 14.8. The summed E-state index contributed by atoms with van der Waals surface area (Å²) in [6.45, 7) is 6.97. The molecule has 4 atom stereocenters. The zero-order valence-electron chi connectivity index (χ0n) is 13.2. The van der Waals surface area contributed by atoms with Crippen molar-refractivity contribution in [3.63, 3.8) is 0 Å². The number of rotatable bonds is 4. The van der Waals surface area contributed by atoms with Gasteiger partial charge in [0, 0.05) is 23.8 Å². The summed E-state index contributed by atoms with van der Waals surface area (Å²) >= 11 is 0. The van der Waals surface area contributed by atoms with Gasteiger partial charge in [0.1, 0.15) is 0 Å². The molecule has 0 aliphatic heterocycles. The minimum Gasteiger partial charge on any atom is -0.307 e. The highest BCUT2D eigenvalue weighted by atomic mass is 15.3. The van der Waals surface area contributed by atoms with Gasteiger partial charge in [-0.25, -0.2) is 4.68 Å². The first-order valence-corrected chi connectivity index (χ1v) is 8.01. The van der Waals surface area contributed by atoms with Crippen molar-refractivity contribution in [2.75, 3.05) is 0 Å². The van der Waals surface area contributed by atoms with Crippen LogP contribution in [-0.4, -0.2) is 15.8 Å². The lowest BCUT2D eigenvalue weighted by molar-refractivity contribution is 0.347. The van der Waals surface area contributed by atoms with Crippen molar-refractivity contribution in [1.82, 2.24) is 15.1 Å². The van der Waals surface area contributed by atoms with Gasteiger partial charge in [-0.1, -0.05) is 32.0 Å². The topological polar surface area (TPSA) is 29.9 Å². The second-order valence-electron chi connectivity index (χ2n) is 6.46. The number of para-hydroxylation sites is 1. The molecule has 0 saturated heterocycles. The standard InChI is InChI=1S/C18H25N3/c1-13-9-10-18(14(13)2)20-15(3)16-11-19-21(12-16)17-7-5-4-6-8-17/h4-8,11-15,18,20H,9-10H2,1-3H3. The molecule has 21 heavy (non-hydrogen) atoms. The molecular formula is C18H25N3. The Labute approximate surface area is 127 Å². The molecule has 0 radical (unpaired) electrons. The average Bonchev–Trinajstić information content (AvgIpc) is 3.11. The summed E-state index contributed by atoms with van der Waals surface area (Å²) in [5.74, 6) is 1.60. The van der Waals surface area contributed by atoms with E-state index in [2.05, 4.69) is 49.5 Å². The molecule has 1 fully saturated rings. The van der Waals surface area contributed by atoms with Crippen LogP contribution in [0.3, 0.4) is 0 Å². The monoisotopic (exact) mass is 283 g/mol. The molecule has 0 bridgehead atoms. The Morgan fingerprint density at radius 2 is 1.95 bits per heavy atom. The van der Waals surface area contributed by atoms with Crippen molar-refractivity contribution in [2.24, 2.45) is 11.8 Å². The van der Waals surface area contributed by atoms with Crippen LogP contribution in [0.5, 0.6) is 0 Å². The summed E-state index contributed by atoms with van der Waals surface area (Å²) < 4.78 is 1.95. The van der Waals surface area contributed by atoms with Crippen LogP contribution in [0.15, 0.2) is 42.7 Å². The molecule has 3 rings (SSSR count). The molecule has 1 aromatic heterocycles. The molecule has 1 heterocycles. The van der Waals surface area contributed by atoms with Crippen molar-refractivity contribution in [3.8, 4) is 5.69 Å². The van der Waals surface area contributed by atoms with E-state index in [-0.39, 0.29) is 0 Å². The molecule has 1 N–H and O–H groups in total. The Hall–Kier alpha value is -1.61. The molecular weight excluding hydrogens is 258 g/mol. The highest BCUT2D eigenvalue weighted by molar-refractivity contribution is 5.31. The maximum atomic E-state index is 4.49. The summed E-state index contributed by atoms with van der Waals surface area (Å²) in [6.07, 6.45) is 6.75. The maximum absolute atomic E-state index is 4.49. The van der Waals surface area contributed by atoms with Gasteiger partial charge in [-0.2, -0.15) is 5.10 Å². The SMILES string of the molecule is CC(NC1CCC(C)C1C)c1cnn(-c2ccccc2)c1. The van der Waals surface area contributed by atoms with Gasteiger partial charge in [0.25, 0.3) is 0 Å². The van der Waals surface area contributed by atoms with Gasteiger partial charge in [0.05, 0.1) is 11.9 Å². The maximum Gasteiger partial charge on any atom is 0.0645 e. The summed E-state index contributed by atoms with van der Waals surface area (Å²) in [5, 5.41) is 8.28. The fourth-order valence-corrected chi connectivity index (χ4v) is 3.30. The number of nitrogens with one attached hydrogen (secondary N) is 1. The Morgan fingerprint density at radius 3 is 2.62 bits per heavy atom. The molecule has 1 aromatic carbocycles. The fraction of sp³-hybridized carbons (Fsp3) is 0.500. The summed E-state index contributed by atoms with van der Waals surface area (Å²) in [5.41, 5.74) is 2.37. The third-order valence-electron chi connectivity index (χ3n) is 5.05. The van der Waals surface area contributed by atoms with Gasteiger partial charge in [-0.05, 0) is 43.7 Å². The van der Waals surface area contributed by atoms with Gasteiger partial charge in [-0.3, -0.25) is 0 Å². The van der Waals surface area contributed by atoms with Crippen LogP contribution in [0, 0.1) is 11.8 Å². The van der Waals surface area contributed by atoms with Crippen LogP contribution in [0.1, 0.15) is 45.2 Å². The van der Waals surface area contributed by atoms with Crippen LogP contribution in [-0.2, 0) is 0 Å². The van der Waals surface area contributed by atoms with Crippen LogP contribution >= 0.6 is 0 Å². The normalized spacial score (nSPS) is 26.9. The van der Waals surface area contributed by atoms with Crippen molar-refractivity contribution < 1.29 is 0 Å². The number of benzene rings is 1. The van der Waals surface area contributed by atoms with Crippen molar-refractivity contribution in [3.05, 3.63) is 48.3 Å². The lowest BCUT2D eigenvalue weighted by atomic mass is 9.97. The third kappa shape index (κ3) is 3.03. The number of nitrogens with zero attached hydrogens (tertiary/aromatic N) is 2. The summed E-state index contributed by atoms with van der Waals surface area (Å²) in [7, 11) is 0. The van der Waals surface area contributed by atoms with E-state index in [1.54, 1.807) is 0 Å². The predicted molar refractivity (Wildman–Crippen MR) is 86.5 cm³/mol. The lowest BCUT2D eigenvalue weighted by Crippen LogP contribution is -2.34. The highest BCUT2D eigenvalue weighted by Gasteiger charge is 2.30. The van der Waals surface area contributed by atoms with Gasteiger partial charge in [-0.15, -0.1) is 0 Å². The van der Waals surface area contributed by atoms with Gasteiger partial charge < -0.3 is 5.32 Å². The minimum absolute atomic E-state index is 0.347. The quantitative estimate of drug-likeness (QED) is 0.920. The first-order valence-electron chi connectivity index (χ1n) is 8.01. The van der Waals surface area contributed by atoms with Crippen LogP contribution in [0.2, 0.25) is 0 Å². The van der Waals surface area contributed by atoms with E-state index in [4.69, 9.17) is 0 Å². The largest absolute Gasteiger partial charge is 0.307 e. The Morgan fingerprint density at radius 1 is 1.19 bits per heavy atom. The summed E-state index contributed by atoms with van der Waals surface area (Å²) in [6, 6.07) is 11.3. The lowest BCUT2D eigenvalue weighted by Gasteiger charge is -2.23. The van der Waals surface area contributed by atoms with Gasteiger partial charge in [0.15, 0.2) is 0 Å². The van der Waals surface area contributed by atoms with Gasteiger partial charge >= 0.3 is 0 Å². The molecule has 0 amide bonds. The zero-order valence-corrected chi connectivity index (χ0v) is 13.2. The van der Waals surface area contributed by atoms with E-state index in [0.29, 0.717) is 12.1 Å². The molecule has 112 valence electrons.